The van der Waals surface area contributed by atoms with Crippen molar-refractivity contribution in [3.05, 3.63) is 28.7 Å². The standard InChI is InChI=1S/C14H17N3O3.ClH/c1-14(6-2-3-7-15-14)12(18)16-9-4-5-11-10(8-9)17-13(19)20-11;/h4-5,8,15H,2-3,6-7H2,1H3,(H,16,18)(H,17,19);1H. The fourth-order valence-corrected chi connectivity index (χ4v) is 2.55. The second kappa shape index (κ2) is 5.91. The molecule has 1 aliphatic rings. The van der Waals surface area contributed by atoms with Gasteiger partial charge in [0.25, 0.3) is 0 Å². The number of halogens is 1. The van der Waals surface area contributed by atoms with Crippen molar-refractivity contribution in [2.24, 2.45) is 0 Å². The first kappa shape index (κ1) is 15.6. The summed E-state index contributed by atoms with van der Waals surface area (Å²) in [5.41, 5.74) is 1.18. The summed E-state index contributed by atoms with van der Waals surface area (Å²) in [5.74, 6) is -0.549. The highest BCUT2D eigenvalue weighted by molar-refractivity contribution is 5.99. The molecule has 1 amide bonds. The lowest BCUT2D eigenvalue weighted by Gasteiger charge is -2.33. The van der Waals surface area contributed by atoms with Gasteiger partial charge in [-0.3, -0.25) is 9.78 Å². The molecule has 114 valence electrons. The molecule has 1 aromatic heterocycles. The van der Waals surface area contributed by atoms with Crippen LogP contribution in [0.15, 0.2) is 27.4 Å². The van der Waals surface area contributed by atoms with E-state index >= 15 is 0 Å². The smallest absolute Gasteiger partial charge is 0.408 e. The van der Waals surface area contributed by atoms with Crippen molar-refractivity contribution in [2.45, 2.75) is 31.7 Å². The number of piperidine rings is 1. The van der Waals surface area contributed by atoms with E-state index in [4.69, 9.17) is 4.42 Å². The van der Waals surface area contributed by atoms with Gasteiger partial charge in [-0.1, -0.05) is 0 Å². The van der Waals surface area contributed by atoms with E-state index in [2.05, 4.69) is 15.6 Å². The molecular formula is C14H18ClN3O3. The number of fused-ring (bicyclic) bond motifs is 1. The van der Waals surface area contributed by atoms with E-state index < -0.39 is 11.3 Å². The molecule has 0 bridgehead atoms. The van der Waals surface area contributed by atoms with Gasteiger partial charge in [0.2, 0.25) is 5.91 Å². The number of oxazole rings is 1. The average Bonchev–Trinajstić information content (AvgIpc) is 2.79. The second-order valence-electron chi connectivity index (χ2n) is 5.40. The number of carbonyl (C=O) groups excluding carboxylic acids is 1. The molecule has 6 nitrogen and oxygen atoms in total. The number of aromatic amines is 1. The number of amides is 1. The molecule has 0 saturated carbocycles. The first-order valence-electron chi connectivity index (χ1n) is 6.76. The van der Waals surface area contributed by atoms with E-state index in [0.29, 0.717) is 16.8 Å². The van der Waals surface area contributed by atoms with E-state index in [1.165, 1.54) is 0 Å². The molecular weight excluding hydrogens is 294 g/mol. The van der Waals surface area contributed by atoms with Crippen molar-refractivity contribution in [3.63, 3.8) is 0 Å². The summed E-state index contributed by atoms with van der Waals surface area (Å²) in [7, 11) is 0. The van der Waals surface area contributed by atoms with Crippen LogP contribution in [-0.4, -0.2) is 23.0 Å². The predicted octanol–water partition coefficient (Wildman–Crippen LogP) is 2.01. The molecule has 3 rings (SSSR count). The summed E-state index contributed by atoms with van der Waals surface area (Å²) in [4.78, 5) is 26.0. The van der Waals surface area contributed by atoms with Crippen molar-refractivity contribution < 1.29 is 9.21 Å². The number of benzene rings is 1. The molecule has 0 radical (unpaired) electrons. The van der Waals surface area contributed by atoms with Crippen molar-refractivity contribution in [3.8, 4) is 0 Å². The van der Waals surface area contributed by atoms with Crippen LogP contribution in [0.5, 0.6) is 0 Å². The van der Waals surface area contributed by atoms with Gasteiger partial charge in [0.1, 0.15) is 0 Å². The van der Waals surface area contributed by atoms with Crippen molar-refractivity contribution >= 4 is 35.1 Å². The molecule has 1 aliphatic heterocycles. The molecule has 1 aromatic carbocycles. The zero-order valence-corrected chi connectivity index (χ0v) is 12.5. The molecule has 1 fully saturated rings. The summed E-state index contributed by atoms with van der Waals surface area (Å²) in [6.07, 6.45) is 2.97. The number of hydrogen-bond acceptors (Lipinski definition) is 4. The quantitative estimate of drug-likeness (QED) is 0.792. The Bertz CT molecular complexity index is 701. The lowest BCUT2D eigenvalue weighted by Crippen LogP contribution is -2.54. The molecule has 1 atom stereocenters. The van der Waals surface area contributed by atoms with E-state index in [9.17, 15) is 9.59 Å². The Morgan fingerprint density at radius 1 is 1.38 bits per heavy atom. The summed E-state index contributed by atoms with van der Waals surface area (Å²) in [6, 6.07) is 5.09. The third kappa shape index (κ3) is 3.11. The first-order valence-corrected chi connectivity index (χ1v) is 6.76. The third-order valence-corrected chi connectivity index (χ3v) is 3.80. The summed E-state index contributed by atoms with van der Waals surface area (Å²) in [6.45, 7) is 2.78. The molecule has 21 heavy (non-hydrogen) atoms. The number of nitrogens with one attached hydrogen (secondary N) is 3. The maximum Gasteiger partial charge on any atom is 0.417 e. The minimum atomic E-state index is -0.531. The van der Waals surface area contributed by atoms with Crippen LogP contribution in [-0.2, 0) is 4.79 Å². The Kier molecular flexibility index (Phi) is 4.39. The van der Waals surface area contributed by atoms with Gasteiger partial charge in [-0.05, 0) is 50.9 Å². The summed E-state index contributed by atoms with van der Waals surface area (Å²) < 4.78 is 4.93. The lowest BCUT2D eigenvalue weighted by atomic mass is 9.90. The SMILES string of the molecule is CC1(C(=O)Nc2ccc3oc(=O)[nH]c3c2)CCCCN1.Cl. The molecule has 2 aromatic rings. The van der Waals surface area contributed by atoms with Crippen molar-refractivity contribution in [1.82, 2.24) is 10.3 Å². The highest BCUT2D eigenvalue weighted by Gasteiger charge is 2.34. The Labute approximate surface area is 127 Å². The molecule has 1 unspecified atom stereocenters. The van der Waals surface area contributed by atoms with E-state index in [1.54, 1.807) is 18.2 Å². The second-order valence-corrected chi connectivity index (χ2v) is 5.40. The molecule has 7 heteroatoms. The minimum absolute atomic E-state index is 0. The van der Waals surface area contributed by atoms with Crippen molar-refractivity contribution in [2.75, 3.05) is 11.9 Å². The summed E-state index contributed by atoms with van der Waals surface area (Å²) in [5, 5.41) is 6.16. The van der Waals surface area contributed by atoms with Gasteiger partial charge >= 0.3 is 5.76 Å². The predicted molar refractivity (Wildman–Crippen MR) is 83.0 cm³/mol. The van der Waals surface area contributed by atoms with Crippen LogP contribution in [0.2, 0.25) is 0 Å². The van der Waals surface area contributed by atoms with Crippen LogP contribution in [0, 0.1) is 0 Å². The number of carbonyl (C=O) groups is 1. The molecule has 0 spiro atoms. The number of H-pyrrole nitrogens is 1. The fraction of sp³-hybridized carbons (Fsp3) is 0.429. The topological polar surface area (TPSA) is 87.1 Å². The van der Waals surface area contributed by atoms with Gasteiger partial charge in [-0.2, -0.15) is 0 Å². The van der Waals surface area contributed by atoms with E-state index in [-0.39, 0.29) is 18.3 Å². The maximum atomic E-state index is 12.4. The normalized spacial score (nSPS) is 21.8. The maximum absolute atomic E-state index is 12.4. The molecule has 0 aliphatic carbocycles. The highest BCUT2D eigenvalue weighted by Crippen LogP contribution is 2.22. The molecule has 1 saturated heterocycles. The monoisotopic (exact) mass is 311 g/mol. The van der Waals surface area contributed by atoms with E-state index in [0.717, 1.165) is 25.8 Å². The van der Waals surface area contributed by atoms with Crippen LogP contribution < -0.4 is 16.4 Å². The number of anilines is 1. The van der Waals surface area contributed by atoms with Gasteiger partial charge < -0.3 is 15.1 Å². The Hall–Kier alpha value is -1.79. The van der Waals surface area contributed by atoms with Gasteiger partial charge in [0.15, 0.2) is 5.58 Å². The zero-order valence-electron chi connectivity index (χ0n) is 11.7. The Morgan fingerprint density at radius 3 is 2.90 bits per heavy atom. The van der Waals surface area contributed by atoms with Crippen LogP contribution in [0.25, 0.3) is 11.1 Å². The van der Waals surface area contributed by atoms with Crippen LogP contribution >= 0.6 is 12.4 Å². The van der Waals surface area contributed by atoms with Gasteiger partial charge in [-0.25, -0.2) is 4.79 Å². The number of rotatable bonds is 2. The number of aromatic nitrogens is 1. The molecule has 2 heterocycles. The average molecular weight is 312 g/mol. The lowest BCUT2D eigenvalue weighted by molar-refractivity contribution is -0.122. The number of hydrogen-bond donors (Lipinski definition) is 3. The van der Waals surface area contributed by atoms with Crippen molar-refractivity contribution in [1.29, 1.82) is 0 Å². The fourth-order valence-electron chi connectivity index (χ4n) is 2.55. The Balaban J connectivity index is 0.00000161. The third-order valence-electron chi connectivity index (χ3n) is 3.80. The van der Waals surface area contributed by atoms with Gasteiger partial charge in [0.05, 0.1) is 11.1 Å². The highest BCUT2D eigenvalue weighted by atomic mass is 35.5. The van der Waals surface area contributed by atoms with Crippen LogP contribution in [0.3, 0.4) is 0 Å². The Morgan fingerprint density at radius 2 is 2.19 bits per heavy atom. The van der Waals surface area contributed by atoms with Gasteiger partial charge in [0, 0.05) is 5.69 Å². The summed E-state index contributed by atoms with van der Waals surface area (Å²) >= 11 is 0. The largest absolute Gasteiger partial charge is 0.417 e. The minimum Gasteiger partial charge on any atom is -0.408 e. The first-order chi connectivity index (χ1) is 9.57. The zero-order chi connectivity index (χ0) is 14.2. The van der Waals surface area contributed by atoms with Crippen LogP contribution in [0.1, 0.15) is 26.2 Å². The molecule has 3 N–H and O–H groups in total. The van der Waals surface area contributed by atoms with E-state index in [1.807, 2.05) is 6.92 Å². The van der Waals surface area contributed by atoms with Crippen LogP contribution in [0.4, 0.5) is 5.69 Å². The van der Waals surface area contributed by atoms with Gasteiger partial charge in [-0.15, -0.1) is 12.4 Å².